The molecule has 7 nitrogen and oxygen atoms in total. The highest BCUT2D eigenvalue weighted by Crippen LogP contribution is 2.40. The SMILES string of the molecule is CCN(CC)CCN1C(=O)C(=O)/C(=C(\O)c2ccc(OC)c(OC)c2)C1c1ccc(F)cc1. The summed E-state index contributed by atoms with van der Waals surface area (Å²) < 4.78 is 24.1. The molecule has 0 aromatic heterocycles. The van der Waals surface area contributed by atoms with E-state index in [-0.39, 0.29) is 17.9 Å². The topological polar surface area (TPSA) is 79.3 Å². The van der Waals surface area contributed by atoms with Crippen molar-refractivity contribution in [2.75, 3.05) is 40.4 Å². The van der Waals surface area contributed by atoms with Crippen LogP contribution < -0.4 is 9.47 Å². The number of carbonyl (C=O) groups is 2. The van der Waals surface area contributed by atoms with Crippen LogP contribution in [0, 0.1) is 5.82 Å². The lowest BCUT2D eigenvalue weighted by Crippen LogP contribution is -2.38. The van der Waals surface area contributed by atoms with Crippen LogP contribution in [0.5, 0.6) is 11.5 Å². The number of ketones is 1. The predicted molar refractivity (Wildman–Crippen MR) is 123 cm³/mol. The third-order valence-electron chi connectivity index (χ3n) is 5.93. The zero-order chi connectivity index (χ0) is 24.1. The lowest BCUT2D eigenvalue weighted by atomic mass is 9.95. The summed E-state index contributed by atoms with van der Waals surface area (Å²) in [6.07, 6.45) is 0. The number of likely N-dealkylation sites (tertiary alicyclic amines) is 1. The van der Waals surface area contributed by atoms with Crippen molar-refractivity contribution in [1.29, 1.82) is 0 Å². The van der Waals surface area contributed by atoms with E-state index in [0.29, 0.717) is 29.2 Å². The Morgan fingerprint density at radius 3 is 2.24 bits per heavy atom. The van der Waals surface area contributed by atoms with E-state index in [4.69, 9.17) is 9.47 Å². The maximum atomic E-state index is 13.6. The largest absolute Gasteiger partial charge is 0.507 e. The molecule has 0 bridgehead atoms. The minimum absolute atomic E-state index is 0.0432. The quantitative estimate of drug-likeness (QED) is 0.353. The van der Waals surface area contributed by atoms with Crippen LogP contribution in [0.2, 0.25) is 0 Å². The number of benzene rings is 2. The molecule has 1 aliphatic heterocycles. The summed E-state index contributed by atoms with van der Waals surface area (Å²) in [7, 11) is 2.96. The number of likely N-dealkylation sites (N-methyl/N-ethyl adjacent to an activating group) is 1. The van der Waals surface area contributed by atoms with E-state index >= 15 is 0 Å². The molecule has 0 aliphatic carbocycles. The van der Waals surface area contributed by atoms with Crippen molar-refractivity contribution < 1.29 is 28.6 Å². The Bertz CT molecular complexity index is 1050. The Morgan fingerprint density at radius 1 is 1.03 bits per heavy atom. The summed E-state index contributed by atoms with van der Waals surface area (Å²) in [5, 5.41) is 11.2. The fourth-order valence-corrected chi connectivity index (χ4v) is 4.03. The maximum absolute atomic E-state index is 13.6. The number of nitrogens with zero attached hydrogens (tertiary/aromatic N) is 2. The van der Waals surface area contributed by atoms with E-state index < -0.39 is 23.5 Å². The number of halogens is 1. The molecule has 1 fully saturated rings. The van der Waals surface area contributed by atoms with E-state index in [9.17, 15) is 19.1 Å². The van der Waals surface area contributed by atoms with Crippen LogP contribution >= 0.6 is 0 Å². The third-order valence-corrected chi connectivity index (χ3v) is 5.93. The Hall–Kier alpha value is -3.39. The molecule has 1 N–H and O–H groups in total. The number of methoxy groups -OCH3 is 2. The summed E-state index contributed by atoms with van der Waals surface area (Å²) in [5.41, 5.74) is 0.803. The number of hydrogen-bond donors (Lipinski definition) is 1. The van der Waals surface area contributed by atoms with Crippen LogP contribution in [-0.4, -0.2) is 67.0 Å². The van der Waals surface area contributed by atoms with Crippen molar-refractivity contribution in [2.45, 2.75) is 19.9 Å². The Kier molecular flexibility index (Phi) is 7.71. The molecule has 1 amide bonds. The highest BCUT2D eigenvalue weighted by molar-refractivity contribution is 6.46. The van der Waals surface area contributed by atoms with E-state index in [1.54, 1.807) is 18.2 Å². The number of ether oxygens (including phenoxy) is 2. The summed E-state index contributed by atoms with van der Waals surface area (Å²) in [4.78, 5) is 29.7. The predicted octanol–water partition coefficient (Wildman–Crippen LogP) is 3.61. The highest BCUT2D eigenvalue weighted by Gasteiger charge is 2.46. The second-order valence-corrected chi connectivity index (χ2v) is 7.64. The minimum Gasteiger partial charge on any atom is -0.507 e. The number of amides is 1. The maximum Gasteiger partial charge on any atom is 0.295 e. The summed E-state index contributed by atoms with van der Waals surface area (Å²) >= 11 is 0. The zero-order valence-corrected chi connectivity index (χ0v) is 19.3. The second kappa shape index (κ2) is 10.5. The van der Waals surface area contributed by atoms with Gasteiger partial charge < -0.3 is 24.4 Å². The van der Waals surface area contributed by atoms with E-state index in [1.807, 2.05) is 13.8 Å². The van der Waals surface area contributed by atoms with Gasteiger partial charge >= 0.3 is 0 Å². The number of hydrogen-bond acceptors (Lipinski definition) is 6. The molecule has 176 valence electrons. The molecular formula is C25H29FN2O5. The minimum atomic E-state index is -0.839. The number of aliphatic hydroxyl groups excluding tert-OH is 1. The smallest absolute Gasteiger partial charge is 0.295 e. The summed E-state index contributed by atoms with van der Waals surface area (Å²) in [6, 6.07) is 9.50. The van der Waals surface area contributed by atoms with Crippen molar-refractivity contribution in [3.8, 4) is 11.5 Å². The second-order valence-electron chi connectivity index (χ2n) is 7.64. The van der Waals surface area contributed by atoms with Gasteiger partial charge in [-0.2, -0.15) is 0 Å². The number of carbonyl (C=O) groups excluding carboxylic acids is 2. The monoisotopic (exact) mass is 456 g/mol. The van der Waals surface area contributed by atoms with E-state index in [0.717, 1.165) is 13.1 Å². The molecule has 1 unspecified atom stereocenters. The van der Waals surface area contributed by atoms with Crippen LogP contribution in [-0.2, 0) is 9.59 Å². The molecule has 1 saturated heterocycles. The molecule has 2 aromatic carbocycles. The average Bonchev–Trinajstić information content (AvgIpc) is 3.09. The van der Waals surface area contributed by atoms with Crippen LogP contribution in [0.15, 0.2) is 48.0 Å². The van der Waals surface area contributed by atoms with Gasteiger partial charge in [0.2, 0.25) is 0 Å². The van der Waals surface area contributed by atoms with Crippen molar-refractivity contribution in [2.24, 2.45) is 0 Å². The van der Waals surface area contributed by atoms with E-state index in [2.05, 4.69) is 4.90 Å². The van der Waals surface area contributed by atoms with Crippen molar-refractivity contribution >= 4 is 17.4 Å². The van der Waals surface area contributed by atoms with Gasteiger partial charge in [-0.25, -0.2) is 4.39 Å². The molecular weight excluding hydrogens is 427 g/mol. The molecule has 1 aliphatic rings. The standard InChI is InChI=1S/C25H29FN2O5/c1-5-27(6-2)13-14-28-22(16-7-10-18(26)11-8-16)21(24(30)25(28)31)23(29)17-9-12-19(32-3)20(15-17)33-4/h7-12,15,22,29H,5-6,13-14H2,1-4H3/b23-21-. The Balaban J connectivity index is 2.12. The first kappa shape index (κ1) is 24.3. The lowest BCUT2D eigenvalue weighted by molar-refractivity contribution is -0.140. The molecule has 0 saturated carbocycles. The number of aliphatic hydroxyl groups is 1. The van der Waals surface area contributed by atoms with Crippen LogP contribution in [0.1, 0.15) is 31.0 Å². The summed E-state index contributed by atoms with van der Waals surface area (Å²) in [6.45, 7) is 6.49. The van der Waals surface area contributed by atoms with Gasteiger partial charge in [0.05, 0.1) is 25.8 Å². The van der Waals surface area contributed by atoms with Gasteiger partial charge in [0.15, 0.2) is 11.5 Å². The van der Waals surface area contributed by atoms with Gasteiger partial charge in [-0.15, -0.1) is 0 Å². The van der Waals surface area contributed by atoms with Crippen LogP contribution in [0.3, 0.4) is 0 Å². The fraction of sp³-hybridized carbons (Fsp3) is 0.360. The normalized spacial score (nSPS) is 17.6. The third kappa shape index (κ3) is 4.85. The first-order chi connectivity index (χ1) is 15.9. The summed E-state index contributed by atoms with van der Waals surface area (Å²) in [5.74, 6) is -1.40. The van der Waals surface area contributed by atoms with Crippen molar-refractivity contribution in [3.05, 3.63) is 65.0 Å². The van der Waals surface area contributed by atoms with Gasteiger partial charge in [0.1, 0.15) is 11.6 Å². The Labute approximate surface area is 193 Å². The van der Waals surface area contributed by atoms with Gasteiger partial charge in [-0.1, -0.05) is 26.0 Å². The molecule has 0 radical (unpaired) electrons. The van der Waals surface area contributed by atoms with Crippen LogP contribution in [0.4, 0.5) is 4.39 Å². The van der Waals surface area contributed by atoms with Crippen LogP contribution in [0.25, 0.3) is 5.76 Å². The zero-order valence-electron chi connectivity index (χ0n) is 19.3. The van der Waals surface area contributed by atoms with Gasteiger partial charge in [0.25, 0.3) is 11.7 Å². The molecule has 33 heavy (non-hydrogen) atoms. The average molecular weight is 457 g/mol. The fourth-order valence-electron chi connectivity index (χ4n) is 4.03. The van der Waals surface area contributed by atoms with Crippen molar-refractivity contribution in [3.63, 3.8) is 0 Å². The molecule has 3 rings (SSSR count). The highest BCUT2D eigenvalue weighted by atomic mass is 19.1. The molecule has 1 atom stereocenters. The number of rotatable bonds is 9. The molecule has 2 aromatic rings. The first-order valence-electron chi connectivity index (χ1n) is 10.8. The van der Waals surface area contributed by atoms with Gasteiger partial charge in [0, 0.05) is 18.7 Å². The van der Waals surface area contributed by atoms with Crippen molar-refractivity contribution in [1.82, 2.24) is 9.80 Å². The first-order valence-corrected chi connectivity index (χ1v) is 10.8. The Morgan fingerprint density at radius 2 is 1.67 bits per heavy atom. The molecule has 1 heterocycles. The number of Topliss-reactive ketones (excluding diaryl/α,β-unsaturated/α-hetero) is 1. The lowest BCUT2D eigenvalue weighted by Gasteiger charge is -2.28. The van der Waals surface area contributed by atoms with Gasteiger partial charge in [-0.05, 0) is 49.0 Å². The van der Waals surface area contributed by atoms with Gasteiger partial charge in [-0.3, -0.25) is 9.59 Å². The van der Waals surface area contributed by atoms with E-state index in [1.165, 1.54) is 43.4 Å². The molecule has 8 heteroatoms. The molecule has 0 spiro atoms.